The molecule has 1 atom stereocenters. The minimum absolute atomic E-state index is 0.0253. The van der Waals surface area contributed by atoms with Crippen molar-refractivity contribution >= 4 is 41.2 Å². The summed E-state index contributed by atoms with van der Waals surface area (Å²) in [7, 11) is 0. The number of ketones is 1. The Hall–Kier alpha value is -2.55. The maximum atomic E-state index is 13.3. The van der Waals surface area contributed by atoms with E-state index in [-0.39, 0.29) is 19.4 Å². The summed E-state index contributed by atoms with van der Waals surface area (Å²) in [4.78, 5) is 38.4. The average molecular weight is 475 g/mol. The summed E-state index contributed by atoms with van der Waals surface area (Å²) in [6, 6.07) is 13.8. The summed E-state index contributed by atoms with van der Waals surface area (Å²) in [6.07, 6.45) is 5.12. The molecule has 1 N–H and O–H groups in total. The lowest BCUT2D eigenvalue weighted by Gasteiger charge is -2.27. The lowest BCUT2D eigenvalue weighted by molar-refractivity contribution is -0.150. The standard InChI is InChI=1S/C24H26O6S2/c1-4-21(25)29-15-5-6-22(26)30-16-24(28,18-9-13-20(32-3)14-10-18)23(27)17-7-11-19(31-2)12-8-17/h4,7-14,28H,1,5-6,15-16H2,2-3H3. The molecule has 2 rings (SSSR count). The summed E-state index contributed by atoms with van der Waals surface area (Å²) in [5, 5.41) is 11.4. The molecular formula is C24H26O6S2. The van der Waals surface area contributed by atoms with Gasteiger partial charge in [0, 0.05) is 27.9 Å². The highest BCUT2D eigenvalue weighted by Crippen LogP contribution is 2.29. The fraction of sp³-hybridized carbons (Fsp3) is 0.292. The molecule has 0 radical (unpaired) electrons. The van der Waals surface area contributed by atoms with Gasteiger partial charge in [0.25, 0.3) is 0 Å². The Labute approximate surface area is 196 Å². The normalized spacial score (nSPS) is 12.5. The van der Waals surface area contributed by atoms with Crippen LogP contribution < -0.4 is 0 Å². The number of esters is 2. The van der Waals surface area contributed by atoms with E-state index >= 15 is 0 Å². The van der Waals surface area contributed by atoms with Crippen molar-refractivity contribution < 1.29 is 29.0 Å². The molecule has 170 valence electrons. The first kappa shape index (κ1) is 25.7. The van der Waals surface area contributed by atoms with Gasteiger partial charge in [-0.15, -0.1) is 23.5 Å². The van der Waals surface area contributed by atoms with E-state index < -0.39 is 29.9 Å². The van der Waals surface area contributed by atoms with Crippen molar-refractivity contribution in [3.05, 3.63) is 72.3 Å². The minimum Gasteiger partial charge on any atom is -0.463 e. The highest BCUT2D eigenvalue weighted by atomic mass is 32.2. The lowest BCUT2D eigenvalue weighted by atomic mass is 9.86. The zero-order chi connectivity index (χ0) is 23.6. The van der Waals surface area contributed by atoms with E-state index in [2.05, 4.69) is 6.58 Å². The number of aliphatic hydroxyl groups is 1. The summed E-state index contributed by atoms with van der Waals surface area (Å²) >= 11 is 3.08. The van der Waals surface area contributed by atoms with Crippen LogP contribution in [0.15, 0.2) is 71.0 Å². The third-order valence-corrected chi connectivity index (χ3v) is 6.16. The molecule has 0 aliphatic heterocycles. The van der Waals surface area contributed by atoms with E-state index in [1.807, 2.05) is 12.5 Å². The highest BCUT2D eigenvalue weighted by molar-refractivity contribution is 7.98. The second-order valence-corrected chi connectivity index (χ2v) is 8.54. The van der Waals surface area contributed by atoms with Crippen LogP contribution in [0.5, 0.6) is 0 Å². The molecule has 0 fully saturated rings. The molecule has 0 saturated carbocycles. The fourth-order valence-corrected chi connectivity index (χ4v) is 3.65. The number of thioether (sulfide) groups is 2. The Morgan fingerprint density at radius 2 is 1.53 bits per heavy atom. The Balaban J connectivity index is 2.16. The number of ether oxygens (including phenoxy) is 2. The SMILES string of the molecule is C=CC(=O)OCCCC(=O)OCC(O)(C(=O)c1ccc(SC)cc1)c1ccc(SC)cc1. The third kappa shape index (κ3) is 6.98. The van der Waals surface area contributed by atoms with Crippen LogP contribution >= 0.6 is 23.5 Å². The molecule has 1 unspecified atom stereocenters. The first-order chi connectivity index (χ1) is 15.3. The van der Waals surface area contributed by atoms with Crippen LogP contribution in [0.3, 0.4) is 0 Å². The number of rotatable bonds is 12. The van der Waals surface area contributed by atoms with Gasteiger partial charge in [-0.3, -0.25) is 9.59 Å². The number of carbonyl (C=O) groups excluding carboxylic acids is 3. The smallest absolute Gasteiger partial charge is 0.330 e. The Bertz CT molecular complexity index is 940. The van der Waals surface area contributed by atoms with Crippen molar-refractivity contribution in [1.29, 1.82) is 0 Å². The van der Waals surface area contributed by atoms with E-state index in [4.69, 9.17) is 9.47 Å². The molecule has 0 amide bonds. The zero-order valence-electron chi connectivity index (χ0n) is 18.0. The summed E-state index contributed by atoms with van der Waals surface area (Å²) in [6.45, 7) is 2.81. The van der Waals surface area contributed by atoms with Crippen LogP contribution in [0.25, 0.3) is 0 Å². The van der Waals surface area contributed by atoms with Crippen molar-refractivity contribution in [1.82, 2.24) is 0 Å². The van der Waals surface area contributed by atoms with Gasteiger partial charge in [-0.1, -0.05) is 30.8 Å². The molecular weight excluding hydrogens is 448 g/mol. The largest absolute Gasteiger partial charge is 0.463 e. The predicted octanol–water partition coefficient (Wildman–Crippen LogP) is 4.25. The van der Waals surface area contributed by atoms with Crippen LogP contribution in [-0.2, 0) is 24.7 Å². The van der Waals surface area contributed by atoms with Crippen LogP contribution in [0.4, 0.5) is 0 Å². The van der Waals surface area contributed by atoms with Gasteiger partial charge in [0.2, 0.25) is 5.78 Å². The Morgan fingerprint density at radius 1 is 0.969 bits per heavy atom. The first-order valence-electron chi connectivity index (χ1n) is 9.84. The third-order valence-electron chi connectivity index (χ3n) is 4.67. The van der Waals surface area contributed by atoms with Crippen molar-refractivity contribution in [3.8, 4) is 0 Å². The van der Waals surface area contributed by atoms with Crippen LogP contribution in [0.1, 0.15) is 28.8 Å². The minimum atomic E-state index is -2.04. The highest BCUT2D eigenvalue weighted by Gasteiger charge is 2.40. The molecule has 0 spiro atoms. The molecule has 0 bridgehead atoms. The molecule has 0 heterocycles. The Morgan fingerprint density at radius 3 is 2.06 bits per heavy atom. The second kappa shape index (κ2) is 12.5. The average Bonchev–Trinajstić information content (AvgIpc) is 2.84. The van der Waals surface area contributed by atoms with Crippen LogP contribution in [-0.4, -0.2) is 48.6 Å². The topological polar surface area (TPSA) is 89.9 Å². The van der Waals surface area contributed by atoms with Gasteiger partial charge in [0.05, 0.1) is 6.61 Å². The molecule has 0 aliphatic rings. The van der Waals surface area contributed by atoms with E-state index in [0.717, 1.165) is 15.9 Å². The van der Waals surface area contributed by atoms with Gasteiger partial charge in [0.15, 0.2) is 5.60 Å². The van der Waals surface area contributed by atoms with Gasteiger partial charge in [-0.2, -0.15) is 0 Å². The van der Waals surface area contributed by atoms with Crippen molar-refractivity contribution in [2.45, 2.75) is 28.2 Å². The monoisotopic (exact) mass is 474 g/mol. The van der Waals surface area contributed by atoms with Gasteiger partial charge < -0.3 is 14.6 Å². The molecule has 2 aromatic carbocycles. The van der Waals surface area contributed by atoms with Gasteiger partial charge >= 0.3 is 11.9 Å². The molecule has 0 aliphatic carbocycles. The lowest BCUT2D eigenvalue weighted by Crippen LogP contribution is -2.41. The number of hydrogen-bond acceptors (Lipinski definition) is 8. The molecule has 0 saturated heterocycles. The van der Waals surface area contributed by atoms with Crippen LogP contribution in [0, 0.1) is 0 Å². The molecule has 2 aromatic rings. The predicted molar refractivity (Wildman–Crippen MR) is 126 cm³/mol. The number of Topliss-reactive ketones (excluding diaryl/α,β-unsaturated/α-hetero) is 1. The molecule has 8 heteroatoms. The summed E-state index contributed by atoms with van der Waals surface area (Å²) < 4.78 is 10.1. The van der Waals surface area contributed by atoms with Crippen molar-refractivity contribution in [2.24, 2.45) is 0 Å². The van der Waals surface area contributed by atoms with E-state index in [1.54, 1.807) is 60.3 Å². The van der Waals surface area contributed by atoms with Crippen LogP contribution in [0.2, 0.25) is 0 Å². The quantitative estimate of drug-likeness (QED) is 0.161. The zero-order valence-corrected chi connectivity index (χ0v) is 19.7. The summed E-state index contributed by atoms with van der Waals surface area (Å²) in [5.41, 5.74) is -1.39. The molecule has 32 heavy (non-hydrogen) atoms. The molecule has 6 nitrogen and oxygen atoms in total. The summed E-state index contributed by atoms with van der Waals surface area (Å²) in [5.74, 6) is -1.74. The number of hydrogen-bond donors (Lipinski definition) is 1. The second-order valence-electron chi connectivity index (χ2n) is 6.78. The maximum absolute atomic E-state index is 13.3. The van der Waals surface area contributed by atoms with Gasteiger partial charge in [0.1, 0.15) is 6.61 Å². The van der Waals surface area contributed by atoms with Crippen molar-refractivity contribution in [2.75, 3.05) is 25.7 Å². The molecule has 0 aromatic heterocycles. The Kier molecular flexibility index (Phi) is 10.0. The van der Waals surface area contributed by atoms with Gasteiger partial charge in [-0.05, 0) is 48.8 Å². The van der Waals surface area contributed by atoms with E-state index in [1.165, 1.54) is 11.8 Å². The first-order valence-corrected chi connectivity index (χ1v) is 12.3. The number of carbonyl (C=O) groups is 3. The number of benzene rings is 2. The van der Waals surface area contributed by atoms with Crippen molar-refractivity contribution in [3.63, 3.8) is 0 Å². The van der Waals surface area contributed by atoms with Gasteiger partial charge in [-0.25, -0.2) is 4.79 Å². The maximum Gasteiger partial charge on any atom is 0.330 e. The fourth-order valence-electron chi connectivity index (χ4n) is 2.83. The van der Waals surface area contributed by atoms with E-state index in [0.29, 0.717) is 11.1 Å². The van der Waals surface area contributed by atoms with E-state index in [9.17, 15) is 19.5 Å².